The summed E-state index contributed by atoms with van der Waals surface area (Å²) in [6.07, 6.45) is 1.68. The lowest BCUT2D eigenvalue weighted by Gasteiger charge is -2.05. The van der Waals surface area contributed by atoms with Crippen LogP contribution in [-0.4, -0.2) is 32.7 Å². The lowest BCUT2D eigenvalue weighted by Crippen LogP contribution is -2.03. The zero-order chi connectivity index (χ0) is 18.1. The second-order valence-electron chi connectivity index (χ2n) is 4.33. The molecule has 0 unspecified atom stereocenters. The van der Waals surface area contributed by atoms with E-state index >= 15 is 0 Å². The lowest BCUT2D eigenvalue weighted by atomic mass is 10.3. The Bertz CT molecular complexity index is 922. The molecule has 0 bridgehead atoms. The first kappa shape index (κ1) is 18.9. The molecule has 2 rings (SSSR count). The van der Waals surface area contributed by atoms with Crippen molar-refractivity contribution in [1.82, 2.24) is 0 Å². The summed E-state index contributed by atoms with van der Waals surface area (Å²) in [5.74, 6) is -0.640. The van der Waals surface area contributed by atoms with Crippen molar-refractivity contribution < 1.29 is 22.9 Å². The average Bonchev–Trinajstić information content (AvgIpc) is 2.99. The van der Waals surface area contributed by atoms with E-state index in [1.54, 1.807) is 6.26 Å². The van der Waals surface area contributed by atoms with E-state index in [1.165, 1.54) is 37.1 Å². The van der Waals surface area contributed by atoms with Gasteiger partial charge < -0.3 is 4.74 Å². The van der Waals surface area contributed by atoms with Gasteiger partial charge in [-0.3, -0.25) is 10.1 Å². The number of carbonyl (C=O) groups is 1. The molecule has 0 amide bonds. The van der Waals surface area contributed by atoms with Gasteiger partial charge in [-0.15, -0.1) is 23.1 Å². The van der Waals surface area contributed by atoms with Gasteiger partial charge in [0.1, 0.15) is 4.88 Å². The van der Waals surface area contributed by atoms with Gasteiger partial charge in [-0.2, -0.15) is 0 Å². The molecule has 0 aliphatic carbocycles. The maximum Gasteiger partial charge on any atom is 0.348 e. The van der Waals surface area contributed by atoms with Crippen molar-refractivity contribution in [2.45, 2.75) is 14.0 Å². The van der Waals surface area contributed by atoms with Gasteiger partial charge in [0, 0.05) is 6.07 Å². The molecule has 0 fully saturated rings. The van der Waals surface area contributed by atoms with E-state index in [9.17, 15) is 23.3 Å². The number of nitrogens with zero attached hydrogens (tertiary/aromatic N) is 1. The van der Waals surface area contributed by atoms with E-state index in [-0.39, 0.29) is 24.8 Å². The van der Waals surface area contributed by atoms with Crippen LogP contribution in [0.25, 0.3) is 0 Å². The van der Waals surface area contributed by atoms with Crippen molar-refractivity contribution in [3.63, 3.8) is 0 Å². The minimum Gasteiger partial charge on any atom is -0.465 e. The Morgan fingerprint density at radius 2 is 2.04 bits per heavy atom. The quantitative estimate of drug-likeness (QED) is 0.295. The fourth-order valence-corrected chi connectivity index (χ4v) is 6.14. The molecular weight excluding hydrogens is 442 g/mol. The first-order chi connectivity index (χ1) is 11.2. The van der Waals surface area contributed by atoms with Crippen molar-refractivity contribution >= 4 is 60.5 Å². The summed E-state index contributed by atoms with van der Waals surface area (Å²) in [4.78, 5) is 21.8. The Labute approximate surface area is 154 Å². The summed E-state index contributed by atoms with van der Waals surface area (Å²) < 4.78 is 30.8. The molecule has 2 aromatic rings. The van der Waals surface area contributed by atoms with Crippen molar-refractivity contribution in [2.24, 2.45) is 0 Å². The Balaban J connectivity index is 2.63. The molecule has 0 atom stereocenters. The standard InChI is InChI=1S/C13H10BrNO6S3/c1-21-12(16)10-6-11(13(22-2)23-10)24(19,20)7-3-4-8(14)9(5-7)15(17)18/h3-6H,1-2H3. The Hall–Kier alpha value is -1.43. The fraction of sp³-hybridized carbons (Fsp3) is 0.154. The maximum absolute atomic E-state index is 12.8. The van der Waals surface area contributed by atoms with Crippen LogP contribution >= 0.6 is 39.0 Å². The predicted molar refractivity (Wildman–Crippen MR) is 93.7 cm³/mol. The Kier molecular flexibility index (Phi) is 5.68. The van der Waals surface area contributed by atoms with Crippen LogP contribution in [0.15, 0.2) is 42.7 Å². The smallest absolute Gasteiger partial charge is 0.348 e. The molecule has 24 heavy (non-hydrogen) atoms. The number of carbonyl (C=O) groups excluding carboxylic acids is 1. The zero-order valence-corrected chi connectivity index (χ0v) is 16.3. The van der Waals surface area contributed by atoms with Crippen LogP contribution in [0.3, 0.4) is 0 Å². The molecule has 0 saturated carbocycles. The second-order valence-corrected chi connectivity index (χ2v) is 9.23. The second kappa shape index (κ2) is 7.21. The summed E-state index contributed by atoms with van der Waals surface area (Å²) >= 11 is 5.18. The molecule has 1 aromatic carbocycles. The summed E-state index contributed by atoms with van der Waals surface area (Å²) in [6, 6.07) is 4.79. The van der Waals surface area contributed by atoms with Crippen LogP contribution in [-0.2, 0) is 14.6 Å². The summed E-state index contributed by atoms with van der Waals surface area (Å²) in [5, 5.41) is 11.0. The molecule has 128 valence electrons. The molecule has 0 aliphatic heterocycles. The normalized spacial score (nSPS) is 11.3. The van der Waals surface area contributed by atoms with Crippen LogP contribution in [0.1, 0.15) is 9.67 Å². The first-order valence-electron chi connectivity index (χ1n) is 6.17. The molecule has 11 heteroatoms. The topological polar surface area (TPSA) is 104 Å². The molecule has 0 aliphatic rings. The number of hydrogen-bond donors (Lipinski definition) is 0. The van der Waals surface area contributed by atoms with Crippen LogP contribution < -0.4 is 0 Å². The van der Waals surface area contributed by atoms with Gasteiger partial charge in [0.05, 0.1) is 30.5 Å². The SMILES string of the molecule is COC(=O)c1cc(S(=O)(=O)c2ccc(Br)c([N+](=O)[O-])c2)c(SC)s1. The number of rotatable bonds is 5. The highest BCUT2D eigenvalue weighted by Crippen LogP contribution is 2.38. The average molecular weight is 452 g/mol. The largest absolute Gasteiger partial charge is 0.465 e. The van der Waals surface area contributed by atoms with E-state index in [0.717, 1.165) is 17.4 Å². The van der Waals surface area contributed by atoms with E-state index in [4.69, 9.17) is 0 Å². The number of thioether (sulfide) groups is 1. The highest BCUT2D eigenvalue weighted by molar-refractivity contribution is 9.10. The van der Waals surface area contributed by atoms with Crippen LogP contribution in [0.4, 0.5) is 5.69 Å². The molecule has 0 radical (unpaired) electrons. The van der Waals surface area contributed by atoms with Gasteiger partial charge in [-0.1, -0.05) is 0 Å². The summed E-state index contributed by atoms with van der Waals surface area (Å²) in [5.41, 5.74) is -0.356. The van der Waals surface area contributed by atoms with Crippen LogP contribution in [0, 0.1) is 10.1 Å². The number of thiophene rings is 1. The molecular formula is C13H10BrNO6S3. The highest BCUT2D eigenvalue weighted by atomic mass is 79.9. The molecule has 1 heterocycles. The highest BCUT2D eigenvalue weighted by Gasteiger charge is 2.28. The van der Waals surface area contributed by atoms with Gasteiger partial charge in [-0.05, 0) is 40.4 Å². The fourth-order valence-electron chi connectivity index (χ4n) is 1.81. The molecule has 7 nitrogen and oxygen atoms in total. The third-order valence-electron chi connectivity index (χ3n) is 2.95. The Morgan fingerprint density at radius 3 is 2.58 bits per heavy atom. The number of hydrogen-bond acceptors (Lipinski definition) is 8. The van der Waals surface area contributed by atoms with Crippen molar-refractivity contribution in [3.8, 4) is 0 Å². The zero-order valence-electron chi connectivity index (χ0n) is 12.3. The van der Waals surface area contributed by atoms with Crippen molar-refractivity contribution in [3.05, 3.63) is 43.7 Å². The number of methoxy groups -OCH3 is 1. The van der Waals surface area contributed by atoms with E-state index < -0.39 is 20.7 Å². The predicted octanol–water partition coefficient (Wildman–Crippen LogP) is 3.76. The number of benzene rings is 1. The molecule has 1 aromatic heterocycles. The third kappa shape index (κ3) is 3.48. The third-order valence-corrected chi connectivity index (χ3v) is 7.91. The number of ether oxygens (including phenoxy) is 1. The van der Waals surface area contributed by atoms with Crippen molar-refractivity contribution in [2.75, 3.05) is 13.4 Å². The van der Waals surface area contributed by atoms with Crippen LogP contribution in [0.2, 0.25) is 0 Å². The number of halogens is 1. The summed E-state index contributed by atoms with van der Waals surface area (Å²) in [6.45, 7) is 0. The number of nitro benzene ring substituents is 1. The van der Waals surface area contributed by atoms with E-state index in [1.807, 2.05) is 0 Å². The molecule has 0 N–H and O–H groups in total. The van der Waals surface area contributed by atoms with Crippen molar-refractivity contribution in [1.29, 1.82) is 0 Å². The van der Waals surface area contributed by atoms with E-state index in [2.05, 4.69) is 20.7 Å². The van der Waals surface area contributed by atoms with Gasteiger partial charge in [0.15, 0.2) is 0 Å². The van der Waals surface area contributed by atoms with Gasteiger partial charge in [-0.25, -0.2) is 13.2 Å². The van der Waals surface area contributed by atoms with Gasteiger partial charge in [0.25, 0.3) is 5.69 Å². The number of esters is 1. The minimum atomic E-state index is -4.02. The van der Waals surface area contributed by atoms with Gasteiger partial charge in [0.2, 0.25) is 9.84 Å². The van der Waals surface area contributed by atoms with Gasteiger partial charge >= 0.3 is 5.97 Å². The summed E-state index contributed by atoms with van der Waals surface area (Å²) in [7, 11) is -2.82. The minimum absolute atomic E-state index is 0.0722. The molecule has 0 saturated heterocycles. The number of nitro groups is 1. The monoisotopic (exact) mass is 451 g/mol. The lowest BCUT2D eigenvalue weighted by molar-refractivity contribution is -0.385. The Morgan fingerprint density at radius 1 is 1.38 bits per heavy atom. The maximum atomic E-state index is 12.8. The van der Waals surface area contributed by atoms with Crippen LogP contribution in [0.5, 0.6) is 0 Å². The van der Waals surface area contributed by atoms with E-state index in [0.29, 0.717) is 4.21 Å². The molecule has 0 spiro atoms. The number of sulfone groups is 1. The first-order valence-corrected chi connectivity index (χ1v) is 10.5.